The van der Waals surface area contributed by atoms with Gasteiger partial charge in [-0.3, -0.25) is 9.89 Å². The molecule has 1 aromatic rings. The van der Waals surface area contributed by atoms with Crippen molar-refractivity contribution in [3.8, 4) is 12.3 Å². The van der Waals surface area contributed by atoms with Gasteiger partial charge in [-0.05, 0) is 37.2 Å². The van der Waals surface area contributed by atoms with Gasteiger partial charge in [0.05, 0.1) is 0 Å². The third-order valence-electron chi connectivity index (χ3n) is 4.61. The third-order valence-corrected chi connectivity index (χ3v) is 4.99. The van der Waals surface area contributed by atoms with E-state index in [1.807, 2.05) is 18.6 Å². The average Bonchev–Trinajstić information content (AvgIpc) is 3.16. The Balaban J connectivity index is 0.000000941. The second kappa shape index (κ2) is 12.8. The summed E-state index contributed by atoms with van der Waals surface area (Å²) in [6.07, 6.45) is 13.5. The first-order valence-electron chi connectivity index (χ1n) is 10.0. The van der Waals surface area contributed by atoms with Crippen molar-refractivity contribution in [1.29, 1.82) is 0 Å². The number of nitrogens with one attached hydrogen (secondary N) is 2. The molecule has 0 aromatic heterocycles. The molecule has 0 unspecified atom stereocenters. The summed E-state index contributed by atoms with van der Waals surface area (Å²) < 4.78 is 0. The number of rotatable bonds is 5. The highest BCUT2D eigenvalue weighted by atomic mass is 32.1. The highest BCUT2D eigenvalue weighted by Crippen LogP contribution is 2.29. The van der Waals surface area contributed by atoms with Crippen molar-refractivity contribution < 1.29 is 0 Å². The molecule has 0 radical (unpaired) electrons. The van der Waals surface area contributed by atoms with Gasteiger partial charge in [-0.2, -0.15) is 0 Å². The smallest absolute Gasteiger partial charge is 0.173 e. The van der Waals surface area contributed by atoms with E-state index in [1.54, 1.807) is 6.92 Å². The van der Waals surface area contributed by atoms with Crippen LogP contribution < -0.4 is 10.6 Å². The maximum atomic E-state index is 5.58. The van der Waals surface area contributed by atoms with Crippen molar-refractivity contribution in [1.82, 2.24) is 15.1 Å². The number of anilines is 1. The minimum Gasteiger partial charge on any atom is -0.380 e. The maximum Gasteiger partial charge on any atom is 0.173 e. The zero-order valence-electron chi connectivity index (χ0n) is 17.4. The minimum atomic E-state index is 0.810. The van der Waals surface area contributed by atoms with Crippen LogP contribution in [0.15, 0.2) is 47.7 Å². The van der Waals surface area contributed by atoms with Crippen molar-refractivity contribution >= 4 is 34.8 Å². The number of piperazine rings is 1. The fraction of sp³-hybridized carbons (Fsp3) is 0.391. The summed E-state index contributed by atoms with van der Waals surface area (Å²) >= 11 is 5.58. The molecule has 2 heterocycles. The quantitative estimate of drug-likeness (QED) is 0.442. The van der Waals surface area contributed by atoms with E-state index >= 15 is 0 Å². The largest absolute Gasteiger partial charge is 0.380 e. The first-order chi connectivity index (χ1) is 14.2. The van der Waals surface area contributed by atoms with Gasteiger partial charge in [0.1, 0.15) is 0 Å². The number of thiocarbonyl (C=S) groups is 1. The van der Waals surface area contributed by atoms with Gasteiger partial charge in [0.25, 0.3) is 0 Å². The highest BCUT2D eigenvalue weighted by molar-refractivity contribution is 7.80. The molecule has 6 heteroatoms. The molecule has 29 heavy (non-hydrogen) atoms. The lowest BCUT2D eigenvalue weighted by atomic mass is 10.1. The summed E-state index contributed by atoms with van der Waals surface area (Å²) in [7, 11) is 0. The van der Waals surface area contributed by atoms with Crippen LogP contribution in [0.25, 0.3) is 5.57 Å². The monoisotopic (exact) mass is 409 g/mol. The number of terminal acetylenes is 1. The lowest BCUT2D eigenvalue weighted by Crippen LogP contribution is -2.50. The number of hydrogen-bond acceptors (Lipinski definition) is 4. The van der Waals surface area contributed by atoms with Crippen molar-refractivity contribution in [3.63, 3.8) is 0 Å². The number of para-hydroxylation sites is 1. The second-order valence-corrected chi connectivity index (χ2v) is 7.11. The lowest BCUT2D eigenvalue weighted by Gasteiger charge is -2.35. The summed E-state index contributed by atoms with van der Waals surface area (Å²) in [5.41, 5.74) is 3.70. The average molecular weight is 410 g/mol. The standard InChI is InChI=1S/C20H27N5S.C3H4/c1-2-8-21-9-5-10-24-11-13-25(14-12-24)20(26)23-16-17-15-22-19-7-4-3-6-18(17)19;1-3-2/h3-9,16,22H,2,10-15H2,1H3,(H,23,26);1H,2H3/b9-5-,17-16-,21-8?;. The summed E-state index contributed by atoms with van der Waals surface area (Å²) in [4.78, 5) is 8.88. The minimum absolute atomic E-state index is 0.810. The van der Waals surface area contributed by atoms with Crippen molar-refractivity contribution in [2.45, 2.75) is 20.3 Å². The normalized spacial score (nSPS) is 17.6. The molecule has 3 rings (SSSR count). The maximum absolute atomic E-state index is 5.58. The van der Waals surface area contributed by atoms with Gasteiger partial charge in [-0.15, -0.1) is 12.3 Å². The molecule has 154 valence electrons. The number of hydrogen-bond donors (Lipinski definition) is 2. The van der Waals surface area contributed by atoms with Gasteiger partial charge in [0.2, 0.25) is 0 Å². The van der Waals surface area contributed by atoms with E-state index in [0.717, 1.165) is 50.8 Å². The Morgan fingerprint density at radius 2 is 2.03 bits per heavy atom. The molecule has 1 saturated heterocycles. The van der Waals surface area contributed by atoms with E-state index in [1.165, 1.54) is 16.8 Å². The van der Waals surface area contributed by atoms with Gasteiger partial charge in [-0.1, -0.05) is 31.2 Å². The van der Waals surface area contributed by atoms with E-state index in [0.29, 0.717) is 0 Å². The first kappa shape index (κ1) is 22.7. The zero-order chi connectivity index (χ0) is 20.9. The topological polar surface area (TPSA) is 42.9 Å². The fourth-order valence-electron chi connectivity index (χ4n) is 3.13. The molecule has 0 atom stereocenters. The van der Waals surface area contributed by atoms with Crippen LogP contribution in [0.3, 0.4) is 0 Å². The Hall–Kier alpha value is -2.62. The Morgan fingerprint density at radius 1 is 1.31 bits per heavy atom. The van der Waals surface area contributed by atoms with Gasteiger partial charge < -0.3 is 15.5 Å². The van der Waals surface area contributed by atoms with Crippen LogP contribution in [0, 0.1) is 12.3 Å². The van der Waals surface area contributed by atoms with E-state index in [9.17, 15) is 0 Å². The van der Waals surface area contributed by atoms with Gasteiger partial charge in [0.15, 0.2) is 5.11 Å². The predicted molar refractivity (Wildman–Crippen MR) is 129 cm³/mol. The lowest BCUT2D eigenvalue weighted by molar-refractivity contribution is 0.197. The highest BCUT2D eigenvalue weighted by Gasteiger charge is 2.18. The third kappa shape index (κ3) is 7.37. The molecular formula is C23H31N5S. The molecule has 1 aromatic carbocycles. The van der Waals surface area contributed by atoms with Crippen molar-refractivity contribution in [2.24, 2.45) is 4.99 Å². The molecule has 0 bridgehead atoms. The molecule has 5 nitrogen and oxygen atoms in total. The van der Waals surface area contributed by atoms with Crippen LogP contribution in [0.5, 0.6) is 0 Å². The zero-order valence-corrected chi connectivity index (χ0v) is 18.2. The number of aliphatic imine (C=N–C) groups is 1. The SMILES string of the molecule is C#CC.CCC=N/C=C\CN1CCN(C(=S)N/C=C2/CNc3ccccc32)CC1. The molecule has 1 fully saturated rings. The Morgan fingerprint density at radius 3 is 2.76 bits per heavy atom. The van der Waals surface area contributed by atoms with Crippen LogP contribution in [0.4, 0.5) is 5.69 Å². The van der Waals surface area contributed by atoms with Crippen LogP contribution in [0.2, 0.25) is 0 Å². The molecule has 2 N–H and O–H groups in total. The number of benzene rings is 1. The fourth-order valence-corrected chi connectivity index (χ4v) is 3.37. The summed E-state index contributed by atoms with van der Waals surface area (Å²) in [6.45, 7) is 9.48. The van der Waals surface area contributed by atoms with Crippen LogP contribution in [0.1, 0.15) is 25.8 Å². The van der Waals surface area contributed by atoms with Crippen molar-refractivity contribution in [2.75, 3.05) is 44.6 Å². The summed E-state index contributed by atoms with van der Waals surface area (Å²) in [5.74, 6) is 2.25. The van der Waals surface area contributed by atoms with Gasteiger partial charge >= 0.3 is 0 Å². The Labute approximate surface area is 180 Å². The summed E-state index contributed by atoms with van der Waals surface area (Å²) in [5, 5.41) is 7.53. The predicted octanol–water partition coefficient (Wildman–Crippen LogP) is 3.58. The second-order valence-electron chi connectivity index (χ2n) is 6.72. The molecule has 0 saturated carbocycles. The molecule has 2 aliphatic heterocycles. The first-order valence-corrected chi connectivity index (χ1v) is 10.4. The molecular weight excluding hydrogens is 378 g/mol. The van der Waals surface area contributed by atoms with Crippen LogP contribution in [-0.4, -0.2) is 60.4 Å². The Bertz CT molecular complexity index is 783. The van der Waals surface area contributed by atoms with Crippen LogP contribution in [-0.2, 0) is 0 Å². The van der Waals surface area contributed by atoms with E-state index in [-0.39, 0.29) is 0 Å². The molecule has 0 spiro atoms. The van der Waals surface area contributed by atoms with E-state index in [2.05, 4.69) is 75.0 Å². The van der Waals surface area contributed by atoms with Crippen LogP contribution >= 0.6 is 12.2 Å². The van der Waals surface area contributed by atoms with Gasteiger partial charge in [-0.25, -0.2) is 0 Å². The van der Waals surface area contributed by atoms with Crippen molar-refractivity contribution in [3.05, 3.63) is 48.3 Å². The Kier molecular flexibility index (Phi) is 9.98. The van der Waals surface area contributed by atoms with Gasteiger partial charge in [0, 0.05) is 69.1 Å². The molecule has 2 aliphatic rings. The van der Waals surface area contributed by atoms with E-state index < -0.39 is 0 Å². The number of fused-ring (bicyclic) bond motifs is 1. The molecule has 0 amide bonds. The van der Waals surface area contributed by atoms with E-state index in [4.69, 9.17) is 12.2 Å². The number of nitrogens with zero attached hydrogens (tertiary/aromatic N) is 3. The summed E-state index contributed by atoms with van der Waals surface area (Å²) in [6, 6.07) is 8.37. The molecule has 0 aliphatic carbocycles.